The van der Waals surface area contributed by atoms with Crippen LogP contribution in [0, 0.1) is 0 Å². The first-order chi connectivity index (χ1) is 33.7. The molecule has 1 aliphatic heterocycles. The molecule has 10 aromatic carbocycles. The molecule has 0 fully saturated rings. The summed E-state index contributed by atoms with van der Waals surface area (Å²) in [6.45, 7) is 0. The molecule has 0 unspecified atom stereocenters. The van der Waals surface area contributed by atoms with Crippen LogP contribution in [0.3, 0.4) is 0 Å². The van der Waals surface area contributed by atoms with Crippen LogP contribution in [-0.4, -0.2) is 9.97 Å². The first kappa shape index (κ1) is 39.4. The Hall–Kier alpha value is -8.92. The maximum Gasteiger partial charge on any atom is 0.160 e. The first-order valence-electron chi connectivity index (χ1n) is 23.3. The van der Waals surface area contributed by atoms with Crippen molar-refractivity contribution in [2.75, 3.05) is 4.90 Å². The molecule has 0 radical (unpaired) electrons. The average molecular weight is 866 g/mol. The fourth-order valence-corrected chi connectivity index (χ4v) is 10.8. The van der Waals surface area contributed by atoms with Crippen molar-refractivity contribution in [1.29, 1.82) is 0 Å². The molecule has 318 valence electrons. The number of anilines is 3. The number of hydrogen-bond acceptors (Lipinski definition) is 3. The van der Waals surface area contributed by atoms with E-state index in [1.54, 1.807) is 0 Å². The van der Waals surface area contributed by atoms with Gasteiger partial charge in [0.15, 0.2) is 5.82 Å². The van der Waals surface area contributed by atoms with E-state index in [0.29, 0.717) is 5.82 Å². The number of aromatic nitrogens is 2. The van der Waals surface area contributed by atoms with Crippen molar-refractivity contribution in [2.24, 2.45) is 0 Å². The normalized spacial score (nSPS) is 12.8. The molecule has 1 aromatic heterocycles. The molecule has 2 aliphatic rings. The third kappa shape index (κ3) is 6.43. The zero-order valence-corrected chi connectivity index (χ0v) is 37.2. The highest BCUT2D eigenvalue weighted by molar-refractivity contribution is 5.96. The molecule has 11 aromatic rings. The SMILES string of the molecule is c1ccc(-c2ccc(-c3nc(-c4ccccc4)cc(-c4cccc(-c5cccc(-c6ccc7c(c6)C6(c8ccccc8-7)c7ccccc7N(c7ccccc7)c7ccccc76)c5)c4)n3)cc2)cc1. The minimum absolute atomic E-state index is 0.523. The van der Waals surface area contributed by atoms with Crippen molar-refractivity contribution in [3.8, 4) is 78.4 Å². The quantitative estimate of drug-likeness (QED) is 0.160. The van der Waals surface area contributed by atoms with Gasteiger partial charge in [0.1, 0.15) is 0 Å². The predicted octanol–water partition coefficient (Wildman–Crippen LogP) is 16.6. The van der Waals surface area contributed by atoms with Gasteiger partial charge < -0.3 is 4.90 Å². The molecule has 0 bridgehead atoms. The van der Waals surface area contributed by atoms with E-state index in [4.69, 9.17) is 9.97 Å². The van der Waals surface area contributed by atoms with Crippen LogP contribution < -0.4 is 4.90 Å². The predicted molar refractivity (Wildman–Crippen MR) is 280 cm³/mol. The van der Waals surface area contributed by atoms with Gasteiger partial charge in [-0.05, 0) is 115 Å². The highest BCUT2D eigenvalue weighted by Crippen LogP contribution is 2.63. The third-order valence-electron chi connectivity index (χ3n) is 13.9. The minimum atomic E-state index is -0.523. The van der Waals surface area contributed by atoms with Gasteiger partial charge in [-0.1, -0.05) is 212 Å². The number of benzene rings is 10. The van der Waals surface area contributed by atoms with Crippen LogP contribution in [0.25, 0.3) is 78.4 Å². The Bertz CT molecular complexity index is 3630. The molecule has 0 saturated carbocycles. The summed E-state index contributed by atoms with van der Waals surface area (Å²) in [5, 5.41) is 0. The molecular formula is C65H43N3. The van der Waals surface area contributed by atoms with Crippen LogP contribution in [0.2, 0.25) is 0 Å². The van der Waals surface area contributed by atoms with Crippen molar-refractivity contribution in [3.63, 3.8) is 0 Å². The summed E-state index contributed by atoms with van der Waals surface area (Å²) < 4.78 is 0. The first-order valence-corrected chi connectivity index (χ1v) is 23.3. The molecular weight excluding hydrogens is 823 g/mol. The molecule has 1 aliphatic carbocycles. The van der Waals surface area contributed by atoms with E-state index in [0.717, 1.165) is 50.5 Å². The number of para-hydroxylation sites is 3. The Labute approximate surface area is 397 Å². The summed E-state index contributed by atoms with van der Waals surface area (Å²) in [5.41, 5.74) is 22.5. The Morgan fingerprint density at radius 3 is 1.34 bits per heavy atom. The third-order valence-corrected chi connectivity index (χ3v) is 13.9. The smallest absolute Gasteiger partial charge is 0.160 e. The fraction of sp³-hybridized carbons (Fsp3) is 0.0154. The summed E-state index contributed by atoms with van der Waals surface area (Å²) in [6.07, 6.45) is 0. The number of fused-ring (bicyclic) bond motifs is 9. The Kier molecular flexibility index (Phi) is 9.40. The highest BCUT2D eigenvalue weighted by Gasteiger charge is 2.51. The van der Waals surface area contributed by atoms with Crippen molar-refractivity contribution < 1.29 is 0 Å². The van der Waals surface area contributed by atoms with Crippen LogP contribution in [0.4, 0.5) is 17.1 Å². The van der Waals surface area contributed by atoms with Gasteiger partial charge >= 0.3 is 0 Å². The van der Waals surface area contributed by atoms with Crippen LogP contribution in [-0.2, 0) is 5.41 Å². The van der Waals surface area contributed by atoms with Crippen molar-refractivity contribution >= 4 is 17.1 Å². The summed E-state index contributed by atoms with van der Waals surface area (Å²) in [4.78, 5) is 12.8. The Morgan fingerprint density at radius 1 is 0.265 bits per heavy atom. The number of nitrogens with zero attached hydrogens (tertiary/aromatic N) is 3. The van der Waals surface area contributed by atoms with Gasteiger partial charge in [-0.2, -0.15) is 0 Å². The van der Waals surface area contributed by atoms with Gasteiger partial charge in [-0.25, -0.2) is 9.97 Å². The molecule has 3 heteroatoms. The molecule has 0 saturated heterocycles. The number of rotatable bonds is 7. The molecule has 0 atom stereocenters. The maximum absolute atomic E-state index is 5.23. The fourth-order valence-electron chi connectivity index (χ4n) is 10.8. The molecule has 0 amide bonds. The molecule has 13 rings (SSSR count). The van der Waals surface area contributed by atoms with E-state index in [9.17, 15) is 0 Å². The average Bonchev–Trinajstić information content (AvgIpc) is 3.71. The second-order valence-corrected chi connectivity index (χ2v) is 17.7. The molecule has 2 heterocycles. The monoisotopic (exact) mass is 865 g/mol. The lowest BCUT2D eigenvalue weighted by Crippen LogP contribution is -2.36. The van der Waals surface area contributed by atoms with Gasteiger partial charge in [0, 0.05) is 22.4 Å². The van der Waals surface area contributed by atoms with Gasteiger partial charge in [0.05, 0.1) is 28.2 Å². The van der Waals surface area contributed by atoms with Gasteiger partial charge in [0.2, 0.25) is 0 Å². The Balaban J connectivity index is 0.910. The molecule has 0 N–H and O–H groups in total. The zero-order valence-electron chi connectivity index (χ0n) is 37.2. The summed E-state index contributed by atoms with van der Waals surface area (Å²) in [7, 11) is 0. The second-order valence-electron chi connectivity index (χ2n) is 17.7. The summed E-state index contributed by atoms with van der Waals surface area (Å²) >= 11 is 0. The van der Waals surface area contributed by atoms with Crippen LogP contribution >= 0.6 is 0 Å². The largest absolute Gasteiger partial charge is 0.310 e. The Morgan fingerprint density at radius 2 is 0.691 bits per heavy atom. The van der Waals surface area contributed by atoms with Crippen molar-refractivity contribution in [3.05, 3.63) is 283 Å². The van der Waals surface area contributed by atoms with Crippen molar-refractivity contribution in [1.82, 2.24) is 9.97 Å². The topological polar surface area (TPSA) is 29.0 Å². The lowest BCUT2D eigenvalue weighted by molar-refractivity contribution is 0.753. The van der Waals surface area contributed by atoms with E-state index in [-0.39, 0.29) is 0 Å². The highest BCUT2D eigenvalue weighted by atomic mass is 15.2. The minimum Gasteiger partial charge on any atom is -0.310 e. The molecule has 1 spiro atoms. The van der Waals surface area contributed by atoms with E-state index >= 15 is 0 Å². The maximum atomic E-state index is 5.23. The molecule has 68 heavy (non-hydrogen) atoms. The van der Waals surface area contributed by atoms with E-state index in [1.807, 2.05) is 12.1 Å². The van der Waals surface area contributed by atoms with Gasteiger partial charge in [-0.3, -0.25) is 0 Å². The molecule has 3 nitrogen and oxygen atoms in total. The van der Waals surface area contributed by atoms with Gasteiger partial charge in [0.25, 0.3) is 0 Å². The lowest BCUT2D eigenvalue weighted by atomic mass is 9.64. The van der Waals surface area contributed by atoms with E-state index < -0.39 is 5.41 Å². The number of hydrogen-bond donors (Lipinski definition) is 0. The second kappa shape index (κ2) is 16.2. The van der Waals surface area contributed by atoms with Crippen LogP contribution in [0.15, 0.2) is 261 Å². The van der Waals surface area contributed by atoms with E-state index in [2.05, 4.69) is 254 Å². The van der Waals surface area contributed by atoms with Gasteiger partial charge in [-0.15, -0.1) is 0 Å². The van der Waals surface area contributed by atoms with E-state index in [1.165, 1.54) is 61.4 Å². The lowest BCUT2D eigenvalue weighted by Gasteiger charge is -2.45. The van der Waals surface area contributed by atoms with Crippen LogP contribution in [0.5, 0.6) is 0 Å². The van der Waals surface area contributed by atoms with Crippen molar-refractivity contribution in [2.45, 2.75) is 5.41 Å². The summed E-state index contributed by atoms with van der Waals surface area (Å²) in [5.74, 6) is 0.695. The zero-order chi connectivity index (χ0) is 45.0. The van der Waals surface area contributed by atoms with Crippen LogP contribution in [0.1, 0.15) is 22.3 Å². The standard InChI is InChI=1S/C65H43N3/c1-4-18-44(19-5-1)45-34-36-47(37-35-45)64-66-60(46-20-6-2-7-21-46)43-61(67-64)52-25-17-24-50(41-52)48-22-16-23-49(40-48)51-38-39-55-54-28-10-11-29-56(54)65(59(55)42-51)57-30-12-14-32-62(57)68(53-26-8-3-9-27-53)63-33-15-13-31-58(63)65/h1-43H. The summed E-state index contributed by atoms with van der Waals surface area (Å²) in [6, 6.07) is 94.2.